The number of pyridine rings is 3. The molecule has 4 heterocycles. The van der Waals surface area contributed by atoms with Crippen LogP contribution in [0.4, 0.5) is 5.69 Å². The van der Waals surface area contributed by atoms with E-state index in [2.05, 4.69) is 19.7 Å². The Kier molecular flexibility index (Phi) is 5.34. The van der Waals surface area contributed by atoms with Gasteiger partial charge in [-0.25, -0.2) is 18.4 Å². The van der Waals surface area contributed by atoms with Gasteiger partial charge < -0.3 is 0 Å². The summed E-state index contributed by atoms with van der Waals surface area (Å²) in [5.74, 6) is 0. The molecule has 32 heavy (non-hydrogen) atoms. The van der Waals surface area contributed by atoms with E-state index in [9.17, 15) is 8.42 Å². The first-order valence-electron chi connectivity index (χ1n) is 9.54. The Balaban J connectivity index is 1.62. The Labute approximate surface area is 193 Å². The third-order valence-electron chi connectivity index (χ3n) is 4.86. The van der Waals surface area contributed by atoms with Gasteiger partial charge in [0, 0.05) is 46.0 Å². The average molecular weight is 479 g/mol. The van der Waals surface area contributed by atoms with Crippen LogP contribution in [0.15, 0.2) is 89.5 Å². The lowest BCUT2D eigenvalue weighted by Gasteiger charge is -2.11. The fraction of sp³-hybridized carbons (Fsp3) is 0. The number of anilines is 1. The van der Waals surface area contributed by atoms with E-state index in [0.29, 0.717) is 0 Å². The number of thiophene rings is 1. The normalized spacial score (nSPS) is 11.5. The molecule has 0 aliphatic carbocycles. The Bertz CT molecular complexity index is 1520. The molecule has 9 heteroatoms. The summed E-state index contributed by atoms with van der Waals surface area (Å²) in [6.45, 7) is 0. The zero-order valence-corrected chi connectivity index (χ0v) is 18.8. The van der Waals surface area contributed by atoms with Gasteiger partial charge in [-0.15, -0.1) is 11.3 Å². The number of nitrogens with one attached hydrogen (secondary N) is 1. The second-order valence-corrected chi connectivity index (χ2v) is 9.78. The van der Waals surface area contributed by atoms with Crippen molar-refractivity contribution in [3.8, 4) is 22.4 Å². The molecule has 0 aliphatic rings. The summed E-state index contributed by atoms with van der Waals surface area (Å²) in [5.41, 5.74) is 3.56. The number of rotatable bonds is 5. The summed E-state index contributed by atoms with van der Waals surface area (Å²) in [6.07, 6.45) is 5.12. The quantitative estimate of drug-likeness (QED) is 0.319. The smallest absolute Gasteiger partial charge is 0.261 e. The van der Waals surface area contributed by atoms with E-state index in [0.717, 1.165) is 32.6 Å². The minimum atomic E-state index is -3.81. The number of nitrogens with zero attached hydrogens (tertiary/aromatic N) is 3. The summed E-state index contributed by atoms with van der Waals surface area (Å²) < 4.78 is 28.1. The Morgan fingerprint density at radius 2 is 1.69 bits per heavy atom. The van der Waals surface area contributed by atoms with E-state index in [1.165, 1.54) is 23.5 Å². The summed E-state index contributed by atoms with van der Waals surface area (Å²) in [6, 6.07) is 17.5. The highest BCUT2D eigenvalue weighted by atomic mass is 35.5. The van der Waals surface area contributed by atoms with Crippen LogP contribution in [0.5, 0.6) is 0 Å². The number of halogens is 1. The van der Waals surface area contributed by atoms with Gasteiger partial charge in [-0.05, 0) is 36.4 Å². The van der Waals surface area contributed by atoms with Crippen LogP contribution in [0, 0.1) is 0 Å². The number of hydrogen-bond acceptors (Lipinski definition) is 6. The molecule has 1 N–H and O–H groups in total. The number of sulfonamides is 1. The van der Waals surface area contributed by atoms with Crippen LogP contribution >= 0.6 is 22.9 Å². The average Bonchev–Trinajstić information content (AvgIpc) is 3.26. The van der Waals surface area contributed by atoms with Crippen molar-refractivity contribution in [3.63, 3.8) is 0 Å². The van der Waals surface area contributed by atoms with Crippen molar-refractivity contribution < 1.29 is 8.42 Å². The third-order valence-corrected chi connectivity index (χ3v) is 7.43. The molecule has 0 unspecified atom stereocenters. The molecule has 0 radical (unpaired) electrons. The van der Waals surface area contributed by atoms with Crippen molar-refractivity contribution in [1.82, 2.24) is 15.0 Å². The molecule has 4 aromatic heterocycles. The monoisotopic (exact) mass is 478 g/mol. The highest BCUT2D eigenvalue weighted by Crippen LogP contribution is 2.40. The topological polar surface area (TPSA) is 84.8 Å². The van der Waals surface area contributed by atoms with Crippen molar-refractivity contribution in [2.75, 3.05) is 4.72 Å². The van der Waals surface area contributed by atoms with Crippen LogP contribution in [0.2, 0.25) is 5.15 Å². The number of benzene rings is 1. The highest BCUT2D eigenvalue weighted by molar-refractivity contribution is 7.92. The van der Waals surface area contributed by atoms with Crippen molar-refractivity contribution in [2.24, 2.45) is 0 Å². The number of fused-ring (bicyclic) bond motifs is 1. The predicted molar refractivity (Wildman–Crippen MR) is 128 cm³/mol. The van der Waals surface area contributed by atoms with Gasteiger partial charge in [0.15, 0.2) is 5.15 Å². The predicted octanol–water partition coefficient (Wildman–Crippen LogP) is 5.87. The van der Waals surface area contributed by atoms with Gasteiger partial charge in [-0.2, -0.15) is 0 Å². The number of aromatic nitrogens is 3. The fourth-order valence-electron chi connectivity index (χ4n) is 3.38. The van der Waals surface area contributed by atoms with Gasteiger partial charge >= 0.3 is 0 Å². The minimum absolute atomic E-state index is 0.0656. The van der Waals surface area contributed by atoms with Gasteiger partial charge in [0.05, 0.1) is 16.3 Å². The van der Waals surface area contributed by atoms with Gasteiger partial charge in [0.1, 0.15) is 4.83 Å². The van der Waals surface area contributed by atoms with E-state index in [1.807, 2.05) is 29.6 Å². The van der Waals surface area contributed by atoms with E-state index in [-0.39, 0.29) is 15.7 Å². The Morgan fingerprint density at radius 3 is 2.47 bits per heavy atom. The van der Waals surface area contributed by atoms with Crippen LogP contribution in [-0.4, -0.2) is 23.4 Å². The van der Waals surface area contributed by atoms with Crippen molar-refractivity contribution in [1.29, 1.82) is 0 Å². The van der Waals surface area contributed by atoms with Crippen molar-refractivity contribution in [3.05, 3.63) is 89.8 Å². The number of hydrogen-bond donors (Lipinski definition) is 1. The molecule has 0 amide bonds. The third kappa shape index (κ3) is 3.84. The van der Waals surface area contributed by atoms with Crippen LogP contribution in [0.1, 0.15) is 0 Å². The summed E-state index contributed by atoms with van der Waals surface area (Å²) in [5, 5.41) is 2.97. The van der Waals surface area contributed by atoms with Gasteiger partial charge in [0.2, 0.25) is 0 Å². The maximum absolute atomic E-state index is 12.8. The first-order valence-corrected chi connectivity index (χ1v) is 12.3. The van der Waals surface area contributed by atoms with E-state index >= 15 is 0 Å². The zero-order valence-electron chi connectivity index (χ0n) is 16.4. The molecule has 5 rings (SSSR count). The van der Waals surface area contributed by atoms with Crippen LogP contribution in [-0.2, 0) is 10.0 Å². The van der Waals surface area contributed by atoms with Crippen LogP contribution in [0.3, 0.4) is 0 Å². The Hall–Kier alpha value is -3.33. The molecule has 0 atom stereocenters. The van der Waals surface area contributed by atoms with Crippen molar-refractivity contribution >= 4 is 48.9 Å². The molecule has 6 nitrogen and oxygen atoms in total. The minimum Gasteiger partial charge on any atom is -0.276 e. The van der Waals surface area contributed by atoms with E-state index in [4.69, 9.17) is 11.6 Å². The lowest BCUT2D eigenvalue weighted by atomic mass is 10.0. The maximum atomic E-state index is 12.8. The molecular formula is C23H15ClN4O2S2. The van der Waals surface area contributed by atoms with Crippen LogP contribution < -0.4 is 4.72 Å². The lowest BCUT2D eigenvalue weighted by Crippen LogP contribution is -2.13. The molecule has 1 aromatic carbocycles. The van der Waals surface area contributed by atoms with E-state index < -0.39 is 10.0 Å². The molecule has 0 bridgehead atoms. The molecule has 0 aliphatic heterocycles. The second-order valence-electron chi connectivity index (χ2n) is 6.88. The van der Waals surface area contributed by atoms with Crippen LogP contribution in [0.25, 0.3) is 32.6 Å². The SMILES string of the molecule is O=S(=O)(Nc1cc(-c2csc3nccc(-c4ccccn4)c23)cnc1Cl)c1ccccc1. The molecule has 0 saturated carbocycles. The summed E-state index contributed by atoms with van der Waals surface area (Å²) in [7, 11) is -3.81. The van der Waals surface area contributed by atoms with E-state index in [1.54, 1.807) is 42.9 Å². The van der Waals surface area contributed by atoms with Gasteiger partial charge in [-0.1, -0.05) is 35.9 Å². The molecular weight excluding hydrogens is 464 g/mol. The summed E-state index contributed by atoms with van der Waals surface area (Å²) in [4.78, 5) is 14.2. The maximum Gasteiger partial charge on any atom is 0.261 e. The van der Waals surface area contributed by atoms with Crippen molar-refractivity contribution in [2.45, 2.75) is 4.90 Å². The molecule has 0 fully saturated rings. The first kappa shape index (κ1) is 20.6. The standard InChI is InChI=1S/C23H15ClN4O2S2/c24-22-20(28-32(29,30)16-6-2-1-3-7-16)12-15(13-27-22)18-14-31-23-21(18)17(9-11-26-23)19-8-4-5-10-25-19/h1-14,28H. The zero-order chi connectivity index (χ0) is 22.1. The second kappa shape index (κ2) is 8.31. The fourth-order valence-corrected chi connectivity index (χ4v) is 5.61. The first-order chi connectivity index (χ1) is 15.5. The largest absolute Gasteiger partial charge is 0.276 e. The molecule has 0 spiro atoms. The van der Waals surface area contributed by atoms with Gasteiger partial charge in [-0.3, -0.25) is 9.71 Å². The molecule has 158 valence electrons. The highest BCUT2D eigenvalue weighted by Gasteiger charge is 2.19. The Morgan fingerprint density at radius 1 is 0.875 bits per heavy atom. The lowest BCUT2D eigenvalue weighted by molar-refractivity contribution is 0.601. The summed E-state index contributed by atoms with van der Waals surface area (Å²) >= 11 is 7.74. The van der Waals surface area contributed by atoms with Gasteiger partial charge in [0.25, 0.3) is 10.0 Å². The molecule has 0 saturated heterocycles. The molecule has 5 aromatic rings.